The van der Waals surface area contributed by atoms with Gasteiger partial charge < -0.3 is 10.5 Å². The number of carbonyl (C=O) groups excluding carboxylic acids is 1. The number of nitrogens with one attached hydrogen (secondary N) is 2. The minimum atomic E-state index is -0.324. The topological polar surface area (TPSA) is 76.4 Å². The lowest BCUT2D eigenvalue weighted by Gasteiger charge is -2.03. The third kappa shape index (κ3) is 5.26. The Morgan fingerprint density at radius 2 is 2.30 bits per heavy atom. The lowest BCUT2D eigenvalue weighted by atomic mass is 10.7. The van der Waals surface area contributed by atoms with Crippen LogP contribution >= 0.6 is 12.2 Å². The number of hydrogen-bond acceptors (Lipinski definition) is 3. The molecular weight excluding hydrogens is 154 g/mol. The molecule has 0 aromatic rings. The van der Waals surface area contributed by atoms with E-state index in [1.165, 1.54) is 7.11 Å². The van der Waals surface area contributed by atoms with Crippen molar-refractivity contribution in [1.29, 1.82) is 0 Å². The second kappa shape index (κ2) is 4.95. The molecule has 6 heteroatoms. The van der Waals surface area contributed by atoms with Crippen LogP contribution in [0, 0.1) is 0 Å². The molecule has 0 fully saturated rings. The Hall–Kier alpha value is -0.880. The first-order valence-corrected chi connectivity index (χ1v) is 2.91. The van der Waals surface area contributed by atoms with Crippen LogP contribution in [0.1, 0.15) is 0 Å². The average Bonchev–Trinajstić information content (AvgIpc) is 1.85. The molecule has 0 saturated heterocycles. The minimum absolute atomic E-state index is 0.0180. The summed E-state index contributed by atoms with van der Waals surface area (Å²) in [6.07, 6.45) is 0. The summed E-state index contributed by atoms with van der Waals surface area (Å²) in [7, 11) is 1.42. The molecule has 5 nitrogen and oxygen atoms in total. The maximum atomic E-state index is 10.5. The molecule has 0 aliphatic carbocycles. The van der Waals surface area contributed by atoms with Gasteiger partial charge in [-0.25, -0.2) is 0 Å². The van der Waals surface area contributed by atoms with Gasteiger partial charge in [-0.15, -0.1) is 0 Å². The van der Waals surface area contributed by atoms with E-state index < -0.39 is 0 Å². The molecule has 0 bridgehead atoms. The fourth-order valence-corrected chi connectivity index (χ4v) is 0.350. The second-order valence-corrected chi connectivity index (χ2v) is 1.91. The van der Waals surface area contributed by atoms with E-state index in [-0.39, 0.29) is 17.6 Å². The molecule has 0 rings (SSSR count). The van der Waals surface area contributed by atoms with Crippen molar-refractivity contribution in [2.24, 2.45) is 5.73 Å². The highest BCUT2D eigenvalue weighted by Gasteiger charge is 1.96. The first kappa shape index (κ1) is 9.12. The zero-order valence-electron chi connectivity index (χ0n) is 5.51. The first-order chi connectivity index (χ1) is 4.66. The molecule has 0 aliphatic heterocycles. The normalized spacial score (nSPS) is 8.50. The summed E-state index contributed by atoms with van der Waals surface area (Å²) >= 11 is 4.41. The van der Waals surface area contributed by atoms with Crippen molar-refractivity contribution in [3.8, 4) is 0 Å². The Balaban J connectivity index is 3.30. The first-order valence-electron chi connectivity index (χ1n) is 2.50. The molecule has 10 heavy (non-hydrogen) atoms. The molecule has 0 spiro atoms. The molecule has 0 aliphatic rings. The largest absolute Gasteiger partial charge is 0.375 e. The molecule has 4 N–H and O–H groups in total. The van der Waals surface area contributed by atoms with Crippen LogP contribution in [0.4, 0.5) is 0 Å². The van der Waals surface area contributed by atoms with Gasteiger partial charge in [0.15, 0.2) is 5.11 Å². The number of methoxy groups -OCH3 is 1. The Labute approximate surface area is 63.9 Å². The fraction of sp³-hybridized carbons (Fsp3) is 0.500. The van der Waals surface area contributed by atoms with Gasteiger partial charge >= 0.3 is 0 Å². The molecule has 1 amide bonds. The van der Waals surface area contributed by atoms with E-state index in [1.807, 2.05) is 0 Å². The summed E-state index contributed by atoms with van der Waals surface area (Å²) in [6.45, 7) is -0.0182. The van der Waals surface area contributed by atoms with E-state index >= 15 is 0 Å². The summed E-state index contributed by atoms with van der Waals surface area (Å²) in [6, 6.07) is 0. The second-order valence-electron chi connectivity index (χ2n) is 1.47. The molecule has 0 aromatic carbocycles. The van der Waals surface area contributed by atoms with Crippen LogP contribution in [0.15, 0.2) is 0 Å². The number of ether oxygens (including phenoxy) is 1. The van der Waals surface area contributed by atoms with Gasteiger partial charge in [-0.2, -0.15) is 0 Å². The molecule has 0 unspecified atom stereocenters. The van der Waals surface area contributed by atoms with Crippen LogP contribution in [0.5, 0.6) is 0 Å². The van der Waals surface area contributed by atoms with Crippen molar-refractivity contribution in [3.05, 3.63) is 0 Å². The standard InChI is InChI=1S/C4H9N3O2S/c1-9-2-3(8)6-7-4(5)10/h2H2,1H3,(H,6,8)(H3,5,7,10). The number of carbonyl (C=O) groups is 1. The van der Waals surface area contributed by atoms with E-state index in [0.29, 0.717) is 0 Å². The predicted octanol–water partition coefficient (Wildman–Crippen LogP) is -1.50. The maximum absolute atomic E-state index is 10.5. The van der Waals surface area contributed by atoms with Crippen LogP contribution < -0.4 is 16.6 Å². The van der Waals surface area contributed by atoms with Gasteiger partial charge in [-0.3, -0.25) is 15.6 Å². The summed E-state index contributed by atoms with van der Waals surface area (Å²) in [5.74, 6) is -0.324. The van der Waals surface area contributed by atoms with Gasteiger partial charge in [0.1, 0.15) is 6.61 Å². The zero-order valence-corrected chi connectivity index (χ0v) is 6.33. The van der Waals surface area contributed by atoms with E-state index in [2.05, 4.69) is 27.8 Å². The Morgan fingerprint density at radius 1 is 1.70 bits per heavy atom. The Morgan fingerprint density at radius 3 is 2.70 bits per heavy atom. The van der Waals surface area contributed by atoms with E-state index in [1.54, 1.807) is 0 Å². The number of hydrazine groups is 1. The summed E-state index contributed by atoms with van der Waals surface area (Å²) in [5, 5.41) is 0.0180. The molecule has 0 heterocycles. The quantitative estimate of drug-likeness (QED) is 0.341. The SMILES string of the molecule is COCC(=O)NNC(N)=S. The van der Waals surface area contributed by atoms with Crippen molar-refractivity contribution in [2.75, 3.05) is 13.7 Å². The van der Waals surface area contributed by atoms with Crippen molar-refractivity contribution in [3.63, 3.8) is 0 Å². The lowest BCUT2D eigenvalue weighted by Crippen LogP contribution is -2.45. The zero-order chi connectivity index (χ0) is 7.98. The van der Waals surface area contributed by atoms with E-state index in [0.717, 1.165) is 0 Å². The molecule has 0 aromatic heterocycles. The van der Waals surface area contributed by atoms with E-state index in [9.17, 15) is 4.79 Å². The highest BCUT2D eigenvalue weighted by Crippen LogP contribution is 1.64. The minimum Gasteiger partial charge on any atom is -0.375 e. The third-order valence-electron chi connectivity index (χ3n) is 0.601. The number of rotatable bonds is 2. The maximum Gasteiger partial charge on any atom is 0.264 e. The van der Waals surface area contributed by atoms with Crippen molar-refractivity contribution < 1.29 is 9.53 Å². The van der Waals surface area contributed by atoms with Gasteiger partial charge in [-0.05, 0) is 12.2 Å². The van der Waals surface area contributed by atoms with Crippen LogP contribution in [0.25, 0.3) is 0 Å². The smallest absolute Gasteiger partial charge is 0.264 e. The van der Waals surface area contributed by atoms with Crippen molar-refractivity contribution >= 4 is 23.2 Å². The predicted molar refractivity (Wildman–Crippen MR) is 39.9 cm³/mol. The van der Waals surface area contributed by atoms with Gasteiger partial charge in [0.2, 0.25) is 0 Å². The van der Waals surface area contributed by atoms with Gasteiger partial charge in [0, 0.05) is 7.11 Å². The van der Waals surface area contributed by atoms with Crippen LogP contribution in [-0.2, 0) is 9.53 Å². The molecule has 0 saturated carbocycles. The summed E-state index contributed by atoms with van der Waals surface area (Å²) in [4.78, 5) is 10.5. The summed E-state index contributed by atoms with van der Waals surface area (Å²) < 4.78 is 4.50. The fourth-order valence-electron chi connectivity index (χ4n) is 0.298. The molecule has 0 radical (unpaired) electrons. The Kier molecular flexibility index (Phi) is 4.51. The van der Waals surface area contributed by atoms with Crippen LogP contribution in [-0.4, -0.2) is 24.7 Å². The number of amides is 1. The average molecular weight is 163 g/mol. The molecular formula is C4H9N3O2S. The summed E-state index contributed by atoms with van der Waals surface area (Å²) in [5.41, 5.74) is 9.46. The molecule has 58 valence electrons. The van der Waals surface area contributed by atoms with Crippen molar-refractivity contribution in [1.82, 2.24) is 10.9 Å². The number of hydrogen-bond donors (Lipinski definition) is 3. The highest BCUT2D eigenvalue weighted by molar-refractivity contribution is 7.80. The third-order valence-corrected chi connectivity index (χ3v) is 0.703. The Bertz CT molecular complexity index is 138. The van der Waals surface area contributed by atoms with Crippen molar-refractivity contribution in [2.45, 2.75) is 0 Å². The monoisotopic (exact) mass is 163 g/mol. The van der Waals surface area contributed by atoms with Gasteiger partial charge in [-0.1, -0.05) is 0 Å². The van der Waals surface area contributed by atoms with Gasteiger partial charge in [0.05, 0.1) is 0 Å². The number of thiocarbonyl (C=S) groups is 1. The highest BCUT2D eigenvalue weighted by atomic mass is 32.1. The number of nitrogens with two attached hydrogens (primary N) is 1. The van der Waals surface area contributed by atoms with Crippen LogP contribution in [0.3, 0.4) is 0 Å². The van der Waals surface area contributed by atoms with Crippen LogP contribution in [0.2, 0.25) is 0 Å². The lowest BCUT2D eigenvalue weighted by molar-refractivity contribution is -0.125. The molecule has 0 atom stereocenters. The van der Waals surface area contributed by atoms with E-state index in [4.69, 9.17) is 5.73 Å². The van der Waals surface area contributed by atoms with Gasteiger partial charge in [0.25, 0.3) is 5.91 Å².